The van der Waals surface area contributed by atoms with E-state index in [-0.39, 0.29) is 0 Å². The van der Waals surface area contributed by atoms with Gasteiger partial charge in [-0.05, 0) is 52.1 Å². The number of anilines is 1. The molecular weight excluding hydrogens is 404 g/mol. The largest absolute Gasteiger partial charge is 0.369 e. The Balaban J connectivity index is 1.26. The lowest BCUT2D eigenvalue weighted by atomic mass is 9.96. The van der Waals surface area contributed by atoms with Crippen molar-refractivity contribution in [1.29, 1.82) is 0 Å². The number of carbonyl (C=O) groups excluding carboxylic acids is 1. The van der Waals surface area contributed by atoms with Crippen molar-refractivity contribution in [1.82, 2.24) is 4.90 Å². The maximum absolute atomic E-state index is 10.9. The van der Waals surface area contributed by atoms with Crippen LogP contribution in [0.4, 0.5) is 5.69 Å². The summed E-state index contributed by atoms with van der Waals surface area (Å²) in [5.41, 5.74) is 8.35. The summed E-state index contributed by atoms with van der Waals surface area (Å²) in [6.45, 7) is 4.99. The molecule has 3 nitrogen and oxygen atoms in total. The van der Waals surface area contributed by atoms with Crippen LogP contribution >= 0.6 is 0 Å². The van der Waals surface area contributed by atoms with Crippen LogP contribution in [0.2, 0.25) is 0 Å². The summed E-state index contributed by atoms with van der Waals surface area (Å²) in [4.78, 5) is 15.8. The van der Waals surface area contributed by atoms with Crippen molar-refractivity contribution in [3.05, 3.63) is 114 Å². The molecule has 0 aromatic heterocycles. The third-order valence-electron chi connectivity index (χ3n) is 6.48. The van der Waals surface area contributed by atoms with Gasteiger partial charge in [0.2, 0.25) is 0 Å². The van der Waals surface area contributed by atoms with Gasteiger partial charge in [0.05, 0.1) is 0 Å². The fourth-order valence-electron chi connectivity index (χ4n) is 4.58. The Hall–Kier alpha value is -3.69. The fourth-order valence-corrected chi connectivity index (χ4v) is 4.58. The molecule has 4 aromatic rings. The molecule has 1 aliphatic rings. The molecule has 0 unspecified atom stereocenters. The number of aldehydes is 1. The molecule has 1 aliphatic heterocycles. The zero-order chi connectivity index (χ0) is 22.5. The van der Waals surface area contributed by atoms with Crippen LogP contribution in [-0.2, 0) is 6.54 Å². The van der Waals surface area contributed by atoms with Crippen LogP contribution in [0.5, 0.6) is 0 Å². The van der Waals surface area contributed by atoms with Crippen molar-refractivity contribution < 1.29 is 4.79 Å². The van der Waals surface area contributed by atoms with Crippen LogP contribution in [0.25, 0.3) is 22.3 Å². The maximum atomic E-state index is 10.9. The van der Waals surface area contributed by atoms with Gasteiger partial charge >= 0.3 is 0 Å². The van der Waals surface area contributed by atoms with Gasteiger partial charge in [-0.3, -0.25) is 9.69 Å². The van der Waals surface area contributed by atoms with Crippen LogP contribution < -0.4 is 4.90 Å². The van der Waals surface area contributed by atoms with Gasteiger partial charge in [0, 0.05) is 44.0 Å². The lowest BCUT2D eigenvalue weighted by molar-refractivity contribution is 0.112. The molecule has 0 saturated carbocycles. The molecule has 1 saturated heterocycles. The van der Waals surface area contributed by atoms with Gasteiger partial charge in [0.15, 0.2) is 0 Å². The van der Waals surface area contributed by atoms with E-state index in [4.69, 9.17) is 0 Å². The summed E-state index contributed by atoms with van der Waals surface area (Å²) in [7, 11) is 0. The van der Waals surface area contributed by atoms with Crippen LogP contribution in [0.1, 0.15) is 15.9 Å². The molecular formula is C30H28N2O. The Bertz CT molecular complexity index is 1190. The number of rotatable bonds is 6. The predicted octanol–water partition coefficient (Wildman–Crippen LogP) is 6.16. The van der Waals surface area contributed by atoms with Crippen molar-refractivity contribution in [2.45, 2.75) is 6.54 Å². The molecule has 0 atom stereocenters. The summed E-state index contributed by atoms with van der Waals surface area (Å²) in [6.07, 6.45) is 0.897. The van der Waals surface area contributed by atoms with Gasteiger partial charge in [-0.2, -0.15) is 0 Å². The average Bonchev–Trinajstić information content (AvgIpc) is 2.90. The molecule has 0 bridgehead atoms. The molecule has 1 heterocycles. The number of carbonyl (C=O) groups is 1. The quantitative estimate of drug-likeness (QED) is 0.341. The Morgan fingerprint density at radius 1 is 0.606 bits per heavy atom. The average molecular weight is 433 g/mol. The number of hydrogen-bond acceptors (Lipinski definition) is 3. The van der Waals surface area contributed by atoms with Crippen LogP contribution in [0.15, 0.2) is 103 Å². The summed E-state index contributed by atoms with van der Waals surface area (Å²) in [5, 5.41) is 0. The minimum absolute atomic E-state index is 0.728. The van der Waals surface area contributed by atoms with E-state index in [0.29, 0.717) is 0 Å². The molecule has 164 valence electrons. The van der Waals surface area contributed by atoms with Crippen LogP contribution in [0.3, 0.4) is 0 Å². The predicted molar refractivity (Wildman–Crippen MR) is 137 cm³/mol. The van der Waals surface area contributed by atoms with E-state index in [2.05, 4.69) is 88.7 Å². The van der Waals surface area contributed by atoms with Gasteiger partial charge in [-0.1, -0.05) is 78.9 Å². The highest BCUT2D eigenvalue weighted by Gasteiger charge is 2.18. The third-order valence-corrected chi connectivity index (χ3v) is 6.48. The summed E-state index contributed by atoms with van der Waals surface area (Å²) in [5.74, 6) is 0. The standard InChI is InChI=1S/C30H28N2O/c33-23-24-10-16-29(17-11-24)32-20-18-31(19-21-32)22-28-8-4-5-9-30(28)27-14-12-26(13-15-27)25-6-2-1-3-7-25/h1-17,23H,18-22H2. The molecule has 0 aliphatic carbocycles. The van der Waals surface area contributed by atoms with Crippen LogP contribution in [0, 0.1) is 0 Å². The van der Waals surface area contributed by atoms with E-state index in [9.17, 15) is 4.79 Å². The second-order valence-corrected chi connectivity index (χ2v) is 8.57. The Morgan fingerprint density at radius 2 is 1.21 bits per heavy atom. The first-order valence-electron chi connectivity index (χ1n) is 11.6. The molecule has 5 rings (SSSR count). The van der Waals surface area contributed by atoms with Gasteiger partial charge in [0.1, 0.15) is 6.29 Å². The summed E-state index contributed by atoms with van der Waals surface area (Å²) in [6, 6.07) is 36.1. The van der Waals surface area contributed by atoms with Crippen molar-refractivity contribution in [2.24, 2.45) is 0 Å². The Kier molecular flexibility index (Phi) is 6.32. The second kappa shape index (κ2) is 9.85. The first-order chi connectivity index (χ1) is 16.3. The van der Waals surface area contributed by atoms with E-state index < -0.39 is 0 Å². The van der Waals surface area contributed by atoms with Gasteiger partial charge < -0.3 is 4.90 Å². The number of nitrogens with zero attached hydrogens (tertiary/aromatic N) is 2. The number of hydrogen-bond donors (Lipinski definition) is 0. The van der Waals surface area contributed by atoms with Gasteiger partial charge in [0.25, 0.3) is 0 Å². The number of piperazine rings is 1. The van der Waals surface area contributed by atoms with E-state index >= 15 is 0 Å². The topological polar surface area (TPSA) is 23.6 Å². The minimum Gasteiger partial charge on any atom is -0.369 e. The normalized spacial score (nSPS) is 14.2. The Labute approximate surface area is 195 Å². The molecule has 0 amide bonds. The molecule has 4 aromatic carbocycles. The highest BCUT2D eigenvalue weighted by molar-refractivity contribution is 5.76. The van der Waals surface area contributed by atoms with Gasteiger partial charge in [-0.15, -0.1) is 0 Å². The minimum atomic E-state index is 0.728. The van der Waals surface area contributed by atoms with Crippen molar-refractivity contribution in [3.63, 3.8) is 0 Å². The molecule has 0 spiro atoms. The Morgan fingerprint density at radius 3 is 1.91 bits per heavy atom. The lowest BCUT2D eigenvalue weighted by Gasteiger charge is -2.36. The zero-order valence-electron chi connectivity index (χ0n) is 18.7. The van der Waals surface area contributed by atoms with Crippen molar-refractivity contribution >= 4 is 12.0 Å². The molecule has 0 radical (unpaired) electrons. The number of benzene rings is 4. The van der Waals surface area contributed by atoms with E-state index in [1.54, 1.807) is 0 Å². The van der Waals surface area contributed by atoms with E-state index in [1.807, 2.05) is 24.3 Å². The third kappa shape index (κ3) is 4.89. The molecule has 1 fully saturated rings. The lowest BCUT2D eigenvalue weighted by Crippen LogP contribution is -2.46. The summed E-state index contributed by atoms with van der Waals surface area (Å²) < 4.78 is 0. The van der Waals surface area contributed by atoms with Gasteiger partial charge in [-0.25, -0.2) is 0 Å². The van der Waals surface area contributed by atoms with E-state index in [0.717, 1.165) is 44.6 Å². The monoisotopic (exact) mass is 432 g/mol. The zero-order valence-corrected chi connectivity index (χ0v) is 18.7. The highest BCUT2D eigenvalue weighted by atomic mass is 16.1. The molecule has 33 heavy (non-hydrogen) atoms. The van der Waals surface area contributed by atoms with E-state index in [1.165, 1.54) is 33.5 Å². The SMILES string of the molecule is O=Cc1ccc(N2CCN(Cc3ccccc3-c3ccc(-c4ccccc4)cc3)CC2)cc1. The first-order valence-corrected chi connectivity index (χ1v) is 11.6. The fraction of sp³-hybridized carbons (Fsp3) is 0.167. The molecule has 0 N–H and O–H groups in total. The maximum Gasteiger partial charge on any atom is 0.150 e. The summed E-state index contributed by atoms with van der Waals surface area (Å²) >= 11 is 0. The second-order valence-electron chi connectivity index (χ2n) is 8.57. The smallest absolute Gasteiger partial charge is 0.150 e. The first kappa shape index (κ1) is 21.2. The van der Waals surface area contributed by atoms with Crippen LogP contribution in [-0.4, -0.2) is 37.4 Å². The van der Waals surface area contributed by atoms with Crippen molar-refractivity contribution in [2.75, 3.05) is 31.1 Å². The molecule has 3 heteroatoms. The van der Waals surface area contributed by atoms with Crippen molar-refractivity contribution in [3.8, 4) is 22.3 Å². The highest BCUT2D eigenvalue weighted by Crippen LogP contribution is 2.28.